The van der Waals surface area contributed by atoms with Gasteiger partial charge in [-0.25, -0.2) is 0 Å². The Hall–Kier alpha value is -3.26. The summed E-state index contributed by atoms with van der Waals surface area (Å²) in [6.07, 6.45) is 1.89. The van der Waals surface area contributed by atoms with Crippen LogP contribution in [0.4, 0.5) is 0 Å². The van der Waals surface area contributed by atoms with Gasteiger partial charge in [0.25, 0.3) is 5.91 Å². The van der Waals surface area contributed by atoms with E-state index in [4.69, 9.17) is 18.6 Å². The largest absolute Gasteiger partial charge is 0.503 e. The van der Waals surface area contributed by atoms with E-state index in [0.717, 1.165) is 0 Å². The van der Waals surface area contributed by atoms with Crippen molar-refractivity contribution >= 4 is 11.7 Å². The normalized spacial score (nSPS) is 16.4. The summed E-state index contributed by atoms with van der Waals surface area (Å²) in [6, 6.07) is 7.38. The van der Waals surface area contributed by atoms with Crippen molar-refractivity contribution in [1.82, 2.24) is 4.90 Å². The minimum Gasteiger partial charge on any atom is -0.503 e. The van der Waals surface area contributed by atoms with Gasteiger partial charge in [0.1, 0.15) is 0 Å². The summed E-state index contributed by atoms with van der Waals surface area (Å²) in [7, 11) is 4.54. The standard InChI is InChI=1S/C21H23NO7/c1-26-11-6-10-22-17(13-7-4-8-15(27-2)20(13)28-3)16(19(24)21(22)25)18(23)14-9-5-12-29-14/h4-5,7-9,12,17,24H,6,10-11H2,1-3H3. The quantitative estimate of drug-likeness (QED) is 0.509. The van der Waals surface area contributed by atoms with E-state index in [0.29, 0.717) is 30.1 Å². The van der Waals surface area contributed by atoms with Crippen molar-refractivity contribution in [2.24, 2.45) is 0 Å². The molecular formula is C21H23NO7. The number of furan rings is 1. The van der Waals surface area contributed by atoms with Crippen LogP contribution in [0.25, 0.3) is 0 Å². The molecule has 1 atom stereocenters. The topological polar surface area (TPSA) is 98.4 Å². The van der Waals surface area contributed by atoms with Crippen LogP contribution in [0.3, 0.4) is 0 Å². The smallest absolute Gasteiger partial charge is 0.290 e. The number of methoxy groups -OCH3 is 3. The third-order valence-corrected chi connectivity index (χ3v) is 4.77. The number of nitrogens with zero attached hydrogens (tertiary/aromatic N) is 1. The average Bonchev–Trinajstić information content (AvgIpc) is 3.35. The molecule has 0 saturated carbocycles. The maximum absolute atomic E-state index is 13.1. The van der Waals surface area contributed by atoms with E-state index in [9.17, 15) is 14.7 Å². The van der Waals surface area contributed by atoms with E-state index in [1.807, 2.05) is 0 Å². The van der Waals surface area contributed by atoms with Crippen molar-refractivity contribution in [1.29, 1.82) is 0 Å². The number of aliphatic hydroxyl groups is 1. The second kappa shape index (κ2) is 8.83. The Bertz CT molecular complexity index is 917. The Labute approximate surface area is 168 Å². The van der Waals surface area contributed by atoms with E-state index < -0.39 is 23.5 Å². The second-order valence-corrected chi connectivity index (χ2v) is 6.40. The van der Waals surface area contributed by atoms with E-state index in [-0.39, 0.29) is 17.9 Å². The lowest BCUT2D eigenvalue weighted by Gasteiger charge is -2.28. The van der Waals surface area contributed by atoms with Crippen molar-refractivity contribution in [3.05, 3.63) is 59.3 Å². The van der Waals surface area contributed by atoms with Crippen LogP contribution in [-0.4, -0.2) is 56.2 Å². The van der Waals surface area contributed by atoms with Gasteiger partial charge in [0.15, 0.2) is 23.0 Å². The van der Waals surface area contributed by atoms with Crippen LogP contribution in [0.5, 0.6) is 11.5 Å². The minimum atomic E-state index is -0.859. The number of carbonyl (C=O) groups is 2. The molecule has 0 aliphatic carbocycles. The first-order valence-electron chi connectivity index (χ1n) is 9.07. The summed E-state index contributed by atoms with van der Waals surface area (Å²) in [6.45, 7) is 0.699. The maximum atomic E-state index is 13.1. The monoisotopic (exact) mass is 401 g/mol. The summed E-state index contributed by atoms with van der Waals surface area (Å²) in [5.41, 5.74) is 0.463. The van der Waals surface area contributed by atoms with Gasteiger partial charge in [-0.1, -0.05) is 12.1 Å². The Morgan fingerprint density at radius 2 is 1.97 bits per heavy atom. The van der Waals surface area contributed by atoms with Gasteiger partial charge < -0.3 is 28.6 Å². The molecule has 0 radical (unpaired) electrons. The number of ketones is 1. The highest BCUT2D eigenvalue weighted by atomic mass is 16.5. The molecule has 2 heterocycles. The van der Waals surface area contributed by atoms with Gasteiger partial charge in [-0.2, -0.15) is 0 Å². The SMILES string of the molecule is COCCCN1C(=O)C(O)=C(C(=O)c2ccco2)C1c1cccc(OC)c1OC. The third kappa shape index (κ3) is 3.71. The molecule has 3 rings (SSSR count). The Morgan fingerprint density at radius 3 is 2.59 bits per heavy atom. The maximum Gasteiger partial charge on any atom is 0.290 e. The van der Waals surface area contributed by atoms with Crippen LogP contribution in [0.1, 0.15) is 28.6 Å². The second-order valence-electron chi connectivity index (χ2n) is 6.40. The molecule has 1 aromatic heterocycles. The first kappa shape index (κ1) is 20.5. The lowest BCUT2D eigenvalue weighted by atomic mass is 9.94. The van der Waals surface area contributed by atoms with Crippen LogP contribution in [0.2, 0.25) is 0 Å². The fourth-order valence-electron chi connectivity index (χ4n) is 3.49. The molecule has 8 nitrogen and oxygen atoms in total. The van der Waals surface area contributed by atoms with Crippen LogP contribution in [0, 0.1) is 0 Å². The van der Waals surface area contributed by atoms with Gasteiger partial charge in [-0.05, 0) is 24.6 Å². The van der Waals surface area contributed by atoms with E-state index in [2.05, 4.69) is 0 Å². The van der Waals surface area contributed by atoms with E-state index >= 15 is 0 Å². The zero-order chi connectivity index (χ0) is 21.0. The number of hydrogen-bond acceptors (Lipinski definition) is 7. The van der Waals surface area contributed by atoms with Crippen LogP contribution < -0.4 is 9.47 Å². The molecule has 1 aromatic carbocycles. The third-order valence-electron chi connectivity index (χ3n) is 4.77. The molecule has 0 bridgehead atoms. The fraction of sp³-hybridized carbons (Fsp3) is 0.333. The molecule has 1 unspecified atom stereocenters. The molecular weight excluding hydrogens is 378 g/mol. The summed E-state index contributed by atoms with van der Waals surface area (Å²) in [5, 5.41) is 10.6. The van der Waals surface area contributed by atoms with Gasteiger partial charge in [0.2, 0.25) is 5.78 Å². The molecule has 1 amide bonds. The van der Waals surface area contributed by atoms with Gasteiger partial charge in [-0.15, -0.1) is 0 Å². The predicted octanol–water partition coefficient (Wildman–Crippen LogP) is 2.91. The average molecular weight is 401 g/mol. The van der Waals surface area contributed by atoms with Crippen LogP contribution >= 0.6 is 0 Å². The molecule has 0 fully saturated rings. The van der Waals surface area contributed by atoms with Gasteiger partial charge in [0.05, 0.1) is 32.1 Å². The van der Waals surface area contributed by atoms with Crippen molar-refractivity contribution in [3.63, 3.8) is 0 Å². The number of amides is 1. The molecule has 1 aliphatic rings. The Morgan fingerprint density at radius 1 is 1.17 bits per heavy atom. The molecule has 2 aromatic rings. The molecule has 29 heavy (non-hydrogen) atoms. The minimum absolute atomic E-state index is 0.0324. The number of Topliss-reactive ketones (excluding diaryl/α,β-unsaturated/α-hetero) is 1. The molecule has 0 saturated heterocycles. The zero-order valence-electron chi connectivity index (χ0n) is 16.5. The summed E-state index contributed by atoms with van der Waals surface area (Å²) < 4.78 is 21.2. The van der Waals surface area contributed by atoms with E-state index in [1.165, 1.54) is 31.4 Å². The number of rotatable bonds is 9. The molecule has 1 aliphatic heterocycles. The van der Waals surface area contributed by atoms with Crippen molar-refractivity contribution in [3.8, 4) is 11.5 Å². The number of carbonyl (C=O) groups excluding carboxylic acids is 2. The van der Waals surface area contributed by atoms with Crippen LogP contribution in [0.15, 0.2) is 52.3 Å². The van der Waals surface area contributed by atoms with Crippen LogP contribution in [-0.2, 0) is 9.53 Å². The van der Waals surface area contributed by atoms with Crippen molar-refractivity contribution in [2.45, 2.75) is 12.5 Å². The number of aliphatic hydroxyl groups excluding tert-OH is 1. The van der Waals surface area contributed by atoms with Gasteiger partial charge >= 0.3 is 0 Å². The summed E-state index contributed by atoms with van der Waals surface area (Å²) in [4.78, 5) is 27.4. The summed E-state index contributed by atoms with van der Waals surface area (Å²) >= 11 is 0. The summed E-state index contributed by atoms with van der Waals surface area (Å²) in [5.74, 6) is -0.936. The van der Waals surface area contributed by atoms with Crippen molar-refractivity contribution < 1.29 is 33.3 Å². The lowest BCUT2D eigenvalue weighted by molar-refractivity contribution is -0.129. The van der Waals surface area contributed by atoms with Gasteiger partial charge in [-0.3, -0.25) is 9.59 Å². The predicted molar refractivity (Wildman–Crippen MR) is 103 cm³/mol. The highest BCUT2D eigenvalue weighted by Gasteiger charge is 2.45. The molecule has 154 valence electrons. The molecule has 8 heteroatoms. The zero-order valence-corrected chi connectivity index (χ0v) is 16.5. The highest BCUT2D eigenvalue weighted by molar-refractivity contribution is 6.15. The highest BCUT2D eigenvalue weighted by Crippen LogP contribution is 2.45. The number of benzene rings is 1. The van der Waals surface area contributed by atoms with E-state index in [1.54, 1.807) is 31.4 Å². The Kier molecular flexibility index (Phi) is 6.23. The first-order valence-corrected chi connectivity index (χ1v) is 9.07. The molecule has 0 spiro atoms. The first-order chi connectivity index (χ1) is 14.0. The number of hydrogen-bond donors (Lipinski definition) is 1. The fourth-order valence-corrected chi connectivity index (χ4v) is 3.49. The number of para-hydroxylation sites is 1. The van der Waals surface area contributed by atoms with Gasteiger partial charge in [0, 0.05) is 25.8 Å². The van der Waals surface area contributed by atoms with Crippen molar-refractivity contribution in [2.75, 3.05) is 34.5 Å². The lowest BCUT2D eigenvalue weighted by Crippen LogP contribution is -2.32. The molecule has 1 N–H and O–H groups in total. The number of ether oxygens (including phenoxy) is 3. The Balaban J connectivity index is 2.13.